The zero-order valence-corrected chi connectivity index (χ0v) is 16.4. The summed E-state index contributed by atoms with van der Waals surface area (Å²) < 4.78 is 17.3. The summed E-state index contributed by atoms with van der Waals surface area (Å²) in [5.41, 5.74) is 2.81. The summed E-state index contributed by atoms with van der Waals surface area (Å²) in [7, 11) is 0. The van der Waals surface area contributed by atoms with Crippen molar-refractivity contribution in [1.29, 1.82) is 0 Å². The van der Waals surface area contributed by atoms with E-state index in [0.29, 0.717) is 25.9 Å². The van der Waals surface area contributed by atoms with Crippen LogP contribution in [0.4, 0.5) is 0 Å². The molecule has 0 fully saturated rings. The molecule has 1 unspecified atom stereocenters. The molecule has 0 radical (unpaired) electrons. The number of nitrogens with zero attached hydrogens (tertiary/aromatic N) is 1. The first-order valence-corrected chi connectivity index (χ1v) is 9.94. The van der Waals surface area contributed by atoms with Crippen LogP contribution >= 0.6 is 0 Å². The molecule has 142 valence electrons. The Bertz CT molecular complexity index is 494. The SMILES string of the molecule is CCCN(CCC)C1Cc2cccc(OCC(OCC)OCC)c2C1. The van der Waals surface area contributed by atoms with Gasteiger partial charge in [-0.25, -0.2) is 0 Å². The highest BCUT2D eigenvalue weighted by Gasteiger charge is 2.28. The van der Waals surface area contributed by atoms with E-state index >= 15 is 0 Å². The van der Waals surface area contributed by atoms with Crippen molar-refractivity contribution in [3.8, 4) is 5.75 Å². The average molecular weight is 350 g/mol. The monoisotopic (exact) mass is 349 g/mol. The molecule has 4 heteroatoms. The predicted octanol–water partition coefficient (Wildman–Crippen LogP) is 4.05. The highest BCUT2D eigenvalue weighted by Crippen LogP contribution is 2.33. The van der Waals surface area contributed by atoms with Gasteiger partial charge in [0.2, 0.25) is 0 Å². The minimum atomic E-state index is -0.292. The lowest BCUT2D eigenvalue weighted by Crippen LogP contribution is -2.37. The number of hydrogen-bond acceptors (Lipinski definition) is 4. The van der Waals surface area contributed by atoms with Crippen molar-refractivity contribution in [2.24, 2.45) is 0 Å². The molecule has 0 aliphatic heterocycles. The van der Waals surface area contributed by atoms with E-state index in [-0.39, 0.29) is 6.29 Å². The highest BCUT2D eigenvalue weighted by molar-refractivity contribution is 5.44. The first-order chi connectivity index (χ1) is 12.2. The minimum absolute atomic E-state index is 0.292. The van der Waals surface area contributed by atoms with Crippen LogP contribution < -0.4 is 4.74 Å². The molecule has 1 aliphatic rings. The van der Waals surface area contributed by atoms with E-state index in [4.69, 9.17) is 14.2 Å². The van der Waals surface area contributed by atoms with E-state index in [2.05, 4.69) is 36.9 Å². The van der Waals surface area contributed by atoms with E-state index in [9.17, 15) is 0 Å². The van der Waals surface area contributed by atoms with E-state index in [1.165, 1.54) is 37.1 Å². The summed E-state index contributed by atoms with van der Waals surface area (Å²) in [4.78, 5) is 2.65. The van der Waals surface area contributed by atoms with Crippen LogP contribution in [-0.2, 0) is 22.3 Å². The molecule has 0 saturated heterocycles. The fourth-order valence-electron chi connectivity index (χ4n) is 3.71. The van der Waals surface area contributed by atoms with Gasteiger partial charge in [-0.3, -0.25) is 4.90 Å². The lowest BCUT2D eigenvalue weighted by atomic mass is 10.1. The summed E-state index contributed by atoms with van der Waals surface area (Å²) in [6, 6.07) is 7.05. The molecule has 0 bridgehead atoms. The van der Waals surface area contributed by atoms with Gasteiger partial charge < -0.3 is 14.2 Å². The second kappa shape index (κ2) is 10.8. The molecule has 0 heterocycles. The van der Waals surface area contributed by atoms with Gasteiger partial charge in [-0.1, -0.05) is 26.0 Å². The van der Waals surface area contributed by atoms with Gasteiger partial charge >= 0.3 is 0 Å². The van der Waals surface area contributed by atoms with Gasteiger partial charge in [-0.2, -0.15) is 0 Å². The molecule has 0 spiro atoms. The molecule has 1 aliphatic carbocycles. The zero-order chi connectivity index (χ0) is 18.1. The van der Waals surface area contributed by atoms with Crippen molar-refractivity contribution in [2.45, 2.75) is 65.7 Å². The Morgan fingerprint density at radius 2 is 1.68 bits per heavy atom. The van der Waals surface area contributed by atoms with Crippen LogP contribution in [0.3, 0.4) is 0 Å². The van der Waals surface area contributed by atoms with Crippen LogP contribution in [0.5, 0.6) is 5.75 Å². The molecule has 25 heavy (non-hydrogen) atoms. The van der Waals surface area contributed by atoms with Crippen molar-refractivity contribution in [2.75, 3.05) is 32.9 Å². The first-order valence-electron chi connectivity index (χ1n) is 9.94. The maximum Gasteiger partial charge on any atom is 0.191 e. The maximum absolute atomic E-state index is 6.10. The van der Waals surface area contributed by atoms with Crippen LogP contribution in [0.1, 0.15) is 51.7 Å². The number of rotatable bonds is 12. The third kappa shape index (κ3) is 5.70. The van der Waals surface area contributed by atoms with Crippen molar-refractivity contribution in [1.82, 2.24) is 4.90 Å². The summed E-state index contributed by atoms with van der Waals surface area (Å²) >= 11 is 0. The normalized spacial score (nSPS) is 16.6. The van der Waals surface area contributed by atoms with Crippen LogP contribution in [0, 0.1) is 0 Å². The fourth-order valence-corrected chi connectivity index (χ4v) is 3.71. The van der Waals surface area contributed by atoms with Crippen molar-refractivity contribution >= 4 is 0 Å². The Hall–Kier alpha value is -1.10. The number of fused-ring (bicyclic) bond motifs is 1. The largest absolute Gasteiger partial charge is 0.488 e. The second-order valence-corrected chi connectivity index (χ2v) is 6.64. The van der Waals surface area contributed by atoms with E-state index < -0.39 is 0 Å². The van der Waals surface area contributed by atoms with Gasteiger partial charge in [-0.05, 0) is 69.8 Å². The Balaban J connectivity index is 2.02. The van der Waals surface area contributed by atoms with Gasteiger partial charge in [0.15, 0.2) is 6.29 Å². The fraction of sp³-hybridized carbons (Fsp3) is 0.714. The van der Waals surface area contributed by atoms with E-state index in [0.717, 1.165) is 18.6 Å². The Morgan fingerprint density at radius 3 is 2.28 bits per heavy atom. The van der Waals surface area contributed by atoms with Crippen molar-refractivity contribution in [3.63, 3.8) is 0 Å². The lowest BCUT2D eigenvalue weighted by molar-refractivity contribution is -0.152. The summed E-state index contributed by atoms with van der Waals surface area (Å²) in [5.74, 6) is 0.998. The molecule has 1 aromatic rings. The van der Waals surface area contributed by atoms with Crippen LogP contribution in [0.2, 0.25) is 0 Å². The second-order valence-electron chi connectivity index (χ2n) is 6.64. The van der Waals surface area contributed by atoms with Gasteiger partial charge in [0, 0.05) is 19.3 Å². The quantitative estimate of drug-likeness (QED) is 0.533. The number of ether oxygens (including phenoxy) is 3. The molecule has 0 saturated carbocycles. The molecule has 1 atom stereocenters. The van der Waals surface area contributed by atoms with E-state index in [1.54, 1.807) is 0 Å². The van der Waals surface area contributed by atoms with Crippen LogP contribution in [0.25, 0.3) is 0 Å². The molecular formula is C21H35NO3. The van der Waals surface area contributed by atoms with Crippen LogP contribution in [0.15, 0.2) is 18.2 Å². The number of benzene rings is 1. The molecular weight excluding hydrogens is 314 g/mol. The standard InChI is InChI=1S/C21H35NO3/c1-5-12-22(13-6-2)18-14-17-10-9-11-20(19(17)15-18)25-16-21(23-7-3)24-8-4/h9-11,18,21H,5-8,12-16H2,1-4H3. The summed E-state index contributed by atoms with van der Waals surface area (Å²) in [6.07, 6.45) is 4.34. The maximum atomic E-state index is 6.10. The Kier molecular flexibility index (Phi) is 8.73. The van der Waals surface area contributed by atoms with Gasteiger partial charge in [0.05, 0.1) is 0 Å². The summed E-state index contributed by atoms with van der Waals surface area (Å²) in [6.45, 7) is 12.6. The zero-order valence-electron chi connectivity index (χ0n) is 16.4. The molecule has 0 aromatic heterocycles. The van der Waals surface area contributed by atoms with E-state index in [1.807, 2.05) is 13.8 Å². The Labute approximate surface area is 153 Å². The predicted molar refractivity (Wildman–Crippen MR) is 102 cm³/mol. The first kappa shape index (κ1) is 20.2. The molecule has 0 N–H and O–H groups in total. The van der Waals surface area contributed by atoms with Gasteiger partial charge in [-0.15, -0.1) is 0 Å². The topological polar surface area (TPSA) is 30.9 Å². The Morgan fingerprint density at radius 1 is 1.00 bits per heavy atom. The smallest absolute Gasteiger partial charge is 0.191 e. The van der Waals surface area contributed by atoms with Crippen LogP contribution in [-0.4, -0.2) is 50.1 Å². The molecule has 0 amide bonds. The third-order valence-electron chi connectivity index (χ3n) is 4.74. The van der Waals surface area contributed by atoms with Gasteiger partial charge in [0.1, 0.15) is 12.4 Å². The molecule has 2 rings (SSSR count). The molecule has 1 aromatic carbocycles. The average Bonchev–Trinajstić information content (AvgIpc) is 3.04. The van der Waals surface area contributed by atoms with Gasteiger partial charge in [0.25, 0.3) is 0 Å². The highest BCUT2D eigenvalue weighted by atomic mass is 16.7. The molecule has 4 nitrogen and oxygen atoms in total. The minimum Gasteiger partial charge on any atom is -0.488 e. The third-order valence-corrected chi connectivity index (χ3v) is 4.74. The lowest BCUT2D eigenvalue weighted by Gasteiger charge is -2.28. The van der Waals surface area contributed by atoms with Crippen molar-refractivity contribution < 1.29 is 14.2 Å². The van der Waals surface area contributed by atoms with Crippen molar-refractivity contribution in [3.05, 3.63) is 29.3 Å². The number of hydrogen-bond donors (Lipinski definition) is 0. The summed E-state index contributed by atoms with van der Waals surface area (Å²) in [5, 5.41) is 0.